The Morgan fingerprint density at radius 1 is 1.17 bits per heavy atom. The van der Waals surface area contributed by atoms with Gasteiger partial charge in [-0.2, -0.15) is 0 Å². The van der Waals surface area contributed by atoms with Gasteiger partial charge in [0.15, 0.2) is 5.78 Å². The molecule has 0 heterocycles. The van der Waals surface area contributed by atoms with E-state index in [4.69, 9.17) is 9.47 Å². The summed E-state index contributed by atoms with van der Waals surface area (Å²) in [6.45, 7) is 1.83. The summed E-state index contributed by atoms with van der Waals surface area (Å²) in [6.07, 6.45) is 5.57. The second-order valence-corrected chi connectivity index (χ2v) is 4.94. The van der Waals surface area contributed by atoms with Gasteiger partial charge >= 0.3 is 5.97 Å². The molecule has 2 unspecified atom stereocenters. The Morgan fingerprint density at radius 3 is 2.22 bits per heavy atom. The Bertz CT molecular complexity index is 282. The quantitative estimate of drug-likeness (QED) is 0.540. The first-order valence-corrected chi connectivity index (χ1v) is 6.80. The molecule has 1 rings (SSSR count). The predicted octanol–water partition coefficient (Wildman–Crippen LogP) is 2.35. The highest BCUT2D eigenvalue weighted by Gasteiger charge is 2.36. The molecule has 104 valence electrons. The van der Waals surface area contributed by atoms with E-state index in [1.807, 2.05) is 6.92 Å². The zero-order valence-corrected chi connectivity index (χ0v) is 11.6. The van der Waals surface area contributed by atoms with Crippen molar-refractivity contribution in [3.05, 3.63) is 0 Å². The monoisotopic (exact) mass is 256 g/mol. The van der Waals surface area contributed by atoms with Crippen LogP contribution in [-0.2, 0) is 19.1 Å². The van der Waals surface area contributed by atoms with Crippen molar-refractivity contribution < 1.29 is 19.1 Å². The van der Waals surface area contributed by atoms with Gasteiger partial charge in [-0.05, 0) is 25.2 Å². The Labute approximate surface area is 109 Å². The molecule has 0 saturated heterocycles. The van der Waals surface area contributed by atoms with Crippen LogP contribution in [0.5, 0.6) is 0 Å². The molecule has 18 heavy (non-hydrogen) atoms. The lowest BCUT2D eigenvalue weighted by Gasteiger charge is -2.29. The summed E-state index contributed by atoms with van der Waals surface area (Å²) < 4.78 is 10.1. The fourth-order valence-corrected chi connectivity index (χ4v) is 2.80. The molecule has 0 N–H and O–H groups in total. The van der Waals surface area contributed by atoms with Gasteiger partial charge in [-0.3, -0.25) is 9.59 Å². The molecule has 4 heteroatoms. The lowest BCUT2D eigenvalue weighted by molar-refractivity contribution is -0.154. The minimum atomic E-state index is -0.679. The first-order valence-electron chi connectivity index (χ1n) is 6.80. The van der Waals surface area contributed by atoms with Crippen molar-refractivity contribution in [2.45, 2.75) is 51.6 Å². The zero-order valence-electron chi connectivity index (χ0n) is 11.6. The van der Waals surface area contributed by atoms with Gasteiger partial charge < -0.3 is 9.47 Å². The average Bonchev–Trinajstić information content (AvgIpc) is 2.41. The SMILES string of the molecule is CCC(C(=O)OC)C(=O)C(OC)C1CCCCC1. The van der Waals surface area contributed by atoms with Gasteiger partial charge in [0.2, 0.25) is 0 Å². The molecule has 0 spiro atoms. The number of carbonyl (C=O) groups is 2. The highest BCUT2D eigenvalue weighted by Crippen LogP contribution is 2.30. The Morgan fingerprint density at radius 2 is 1.78 bits per heavy atom. The van der Waals surface area contributed by atoms with Crippen LogP contribution in [-0.4, -0.2) is 32.1 Å². The number of ether oxygens (including phenoxy) is 2. The number of ketones is 1. The summed E-state index contributed by atoms with van der Waals surface area (Å²) in [7, 11) is 2.88. The average molecular weight is 256 g/mol. The molecule has 0 amide bonds. The van der Waals surface area contributed by atoms with Crippen LogP contribution in [0.4, 0.5) is 0 Å². The molecule has 0 aromatic rings. The maximum absolute atomic E-state index is 12.4. The van der Waals surface area contributed by atoms with Crippen molar-refractivity contribution in [2.75, 3.05) is 14.2 Å². The number of Topliss-reactive ketones (excluding diaryl/α,β-unsaturated/α-hetero) is 1. The highest BCUT2D eigenvalue weighted by molar-refractivity contribution is 6.01. The van der Waals surface area contributed by atoms with E-state index >= 15 is 0 Å². The van der Waals surface area contributed by atoms with Crippen molar-refractivity contribution >= 4 is 11.8 Å². The van der Waals surface area contributed by atoms with Gasteiger partial charge in [-0.15, -0.1) is 0 Å². The molecule has 4 nitrogen and oxygen atoms in total. The molecule has 0 aliphatic heterocycles. The van der Waals surface area contributed by atoms with E-state index in [1.165, 1.54) is 13.5 Å². The lowest BCUT2D eigenvalue weighted by Crippen LogP contribution is -2.40. The third-order valence-electron chi connectivity index (χ3n) is 3.85. The summed E-state index contributed by atoms with van der Waals surface area (Å²) in [4.78, 5) is 24.0. The van der Waals surface area contributed by atoms with Crippen LogP contribution in [0.1, 0.15) is 45.4 Å². The largest absolute Gasteiger partial charge is 0.468 e. The highest BCUT2D eigenvalue weighted by atomic mass is 16.5. The number of hydrogen-bond acceptors (Lipinski definition) is 4. The van der Waals surface area contributed by atoms with Gasteiger partial charge in [-0.1, -0.05) is 26.2 Å². The van der Waals surface area contributed by atoms with Crippen molar-refractivity contribution in [1.82, 2.24) is 0 Å². The van der Waals surface area contributed by atoms with Crippen molar-refractivity contribution in [3.63, 3.8) is 0 Å². The Balaban J connectivity index is 2.72. The second kappa shape index (κ2) is 7.52. The first-order chi connectivity index (χ1) is 8.65. The molecule has 1 aliphatic rings. The molecule has 2 atom stereocenters. The molecule has 0 bridgehead atoms. The zero-order chi connectivity index (χ0) is 13.5. The van der Waals surface area contributed by atoms with E-state index in [0.717, 1.165) is 25.7 Å². The van der Waals surface area contributed by atoms with Crippen LogP contribution in [0.25, 0.3) is 0 Å². The topological polar surface area (TPSA) is 52.6 Å². The fraction of sp³-hybridized carbons (Fsp3) is 0.857. The third-order valence-corrected chi connectivity index (χ3v) is 3.85. The van der Waals surface area contributed by atoms with E-state index in [2.05, 4.69) is 0 Å². The molecule has 0 aromatic heterocycles. The smallest absolute Gasteiger partial charge is 0.316 e. The van der Waals surface area contributed by atoms with Crippen LogP contribution < -0.4 is 0 Å². The molecule has 0 aromatic carbocycles. The van der Waals surface area contributed by atoms with Crippen molar-refractivity contribution in [2.24, 2.45) is 11.8 Å². The first kappa shape index (κ1) is 15.2. The van der Waals surface area contributed by atoms with E-state index in [0.29, 0.717) is 6.42 Å². The molecule has 1 saturated carbocycles. The van der Waals surface area contributed by atoms with E-state index < -0.39 is 18.0 Å². The number of carbonyl (C=O) groups excluding carboxylic acids is 2. The summed E-state index contributed by atoms with van der Waals surface area (Å²) in [5, 5.41) is 0. The van der Waals surface area contributed by atoms with Gasteiger partial charge in [0.25, 0.3) is 0 Å². The summed E-state index contributed by atoms with van der Waals surface area (Å²) >= 11 is 0. The fourth-order valence-electron chi connectivity index (χ4n) is 2.80. The molecular formula is C14H24O4. The molecule has 1 fully saturated rings. The lowest BCUT2D eigenvalue weighted by atomic mass is 9.81. The van der Waals surface area contributed by atoms with E-state index in [-0.39, 0.29) is 11.7 Å². The predicted molar refractivity (Wildman–Crippen MR) is 68.2 cm³/mol. The third kappa shape index (κ3) is 3.55. The minimum absolute atomic E-state index is 0.112. The molecule has 1 aliphatic carbocycles. The summed E-state index contributed by atoms with van der Waals surface area (Å²) in [5.74, 6) is -0.976. The number of hydrogen-bond donors (Lipinski definition) is 0. The van der Waals surface area contributed by atoms with Crippen LogP contribution in [0.15, 0.2) is 0 Å². The normalized spacial score (nSPS) is 20.2. The van der Waals surface area contributed by atoms with Gasteiger partial charge in [0.05, 0.1) is 7.11 Å². The Hall–Kier alpha value is -0.900. The van der Waals surface area contributed by atoms with E-state index in [9.17, 15) is 9.59 Å². The minimum Gasteiger partial charge on any atom is -0.468 e. The van der Waals surface area contributed by atoms with Gasteiger partial charge in [0, 0.05) is 7.11 Å². The molecule has 0 radical (unpaired) electrons. The maximum atomic E-state index is 12.4. The van der Waals surface area contributed by atoms with Crippen molar-refractivity contribution in [3.8, 4) is 0 Å². The van der Waals surface area contributed by atoms with Crippen LogP contribution in [0, 0.1) is 11.8 Å². The summed E-state index contributed by atoms with van der Waals surface area (Å²) in [6, 6.07) is 0. The van der Waals surface area contributed by atoms with E-state index in [1.54, 1.807) is 7.11 Å². The van der Waals surface area contributed by atoms with Crippen molar-refractivity contribution in [1.29, 1.82) is 0 Å². The second-order valence-electron chi connectivity index (χ2n) is 4.94. The van der Waals surface area contributed by atoms with Crippen LogP contribution in [0.2, 0.25) is 0 Å². The maximum Gasteiger partial charge on any atom is 0.316 e. The van der Waals surface area contributed by atoms with Crippen LogP contribution in [0.3, 0.4) is 0 Å². The molecular weight excluding hydrogens is 232 g/mol. The number of esters is 1. The standard InChI is InChI=1S/C14H24O4/c1-4-11(14(16)18-3)12(15)13(17-2)10-8-6-5-7-9-10/h10-11,13H,4-9H2,1-3H3. The number of rotatable bonds is 6. The number of methoxy groups -OCH3 is 2. The van der Waals surface area contributed by atoms with Crippen LogP contribution >= 0.6 is 0 Å². The Kier molecular flexibility index (Phi) is 6.33. The van der Waals surface area contributed by atoms with Gasteiger partial charge in [0.1, 0.15) is 12.0 Å². The summed E-state index contributed by atoms with van der Waals surface area (Å²) in [5.41, 5.74) is 0. The van der Waals surface area contributed by atoms with Gasteiger partial charge in [-0.25, -0.2) is 0 Å².